The largest absolute Gasteiger partial charge is 0.355 e. The first kappa shape index (κ1) is 19.4. The van der Waals surface area contributed by atoms with Crippen molar-refractivity contribution in [2.75, 3.05) is 6.54 Å². The first-order chi connectivity index (χ1) is 13.3. The molecule has 1 aromatic heterocycles. The van der Waals surface area contributed by atoms with Gasteiger partial charge in [-0.15, -0.1) is 10.2 Å². The predicted molar refractivity (Wildman–Crippen MR) is 110 cm³/mol. The fourth-order valence-electron chi connectivity index (χ4n) is 3.65. The molecule has 0 bridgehead atoms. The van der Waals surface area contributed by atoms with Crippen LogP contribution < -0.4 is 10.6 Å². The normalized spacial score (nSPS) is 20.4. The van der Waals surface area contributed by atoms with Gasteiger partial charge in [0.05, 0.1) is 6.54 Å². The molecule has 2 atom stereocenters. The van der Waals surface area contributed by atoms with E-state index < -0.39 is 0 Å². The molecular formula is C21H32N6. The highest BCUT2D eigenvalue weighted by atomic mass is 15.3. The van der Waals surface area contributed by atoms with E-state index in [0.29, 0.717) is 18.5 Å². The van der Waals surface area contributed by atoms with Gasteiger partial charge in [-0.25, -0.2) is 4.99 Å². The van der Waals surface area contributed by atoms with Crippen molar-refractivity contribution in [2.45, 2.75) is 65.1 Å². The molecule has 2 unspecified atom stereocenters. The Labute approximate surface area is 162 Å². The maximum absolute atomic E-state index is 4.84. The van der Waals surface area contributed by atoms with Crippen molar-refractivity contribution in [1.82, 2.24) is 25.4 Å². The van der Waals surface area contributed by atoms with Crippen LogP contribution in [0, 0.1) is 5.92 Å². The average Bonchev–Trinajstić information content (AvgIpc) is 3.16. The first-order valence-electron chi connectivity index (χ1n) is 10.2. The number of nitrogens with zero attached hydrogens (tertiary/aromatic N) is 4. The van der Waals surface area contributed by atoms with E-state index in [2.05, 4.69) is 63.5 Å². The van der Waals surface area contributed by atoms with E-state index in [0.717, 1.165) is 31.3 Å². The molecule has 1 aromatic carbocycles. The standard InChI is InChI=1S/C21H32N6/c1-3-20-26-24-16-27(20)14-13-22-21(23-15-18-10-5-4-6-11-18)25-19-12-8-7-9-17(19)2/h4-6,10-11,16-17,19H,3,7-9,12-15H2,1-2H3,(H2,22,23,25). The van der Waals surface area contributed by atoms with Gasteiger partial charge in [0.15, 0.2) is 5.96 Å². The number of hydrogen-bond acceptors (Lipinski definition) is 3. The monoisotopic (exact) mass is 368 g/mol. The molecule has 1 fully saturated rings. The number of benzene rings is 1. The summed E-state index contributed by atoms with van der Waals surface area (Å²) in [6.45, 7) is 6.77. The van der Waals surface area contributed by atoms with Crippen molar-refractivity contribution in [2.24, 2.45) is 10.9 Å². The maximum atomic E-state index is 4.84. The van der Waals surface area contributed by atoms with Gasteiger partial charge in [-0.05, 0) is 24.3 Å². The molecule has 6 nitrogen and oxygen atoms in total. The summed E-state index contributed by atoms with van der Waals surface area (Å²) in [5, 5.41) is 15.4. The smallest absolute Gasteiger partial charge is 0.191 e. The lowest BCUT2D eigenvalue weighted by molar-refractivity contribution is 0.306. The molecule has 2 N–H and O–H groups in total. The van der Waals surface area contributed by atoms with Crippen LogP contribution in [0.3, 0.4) is 0 Å². The van der Waals surface area contributed by atoms with Crippen LogP contribution in [-0.2, 0) is 19.5 Å². The van der Waals surface area contributed by atoms with E-state index in [4.69, 9.17) is 4.99 Å². The molecule has 0 spiro atoms. The molecule has 0 amide bonds. The zero-order valence-electron chi connectivity index (χ0n) is 16.6. The van der Waals surface area contributed by atoms with Crippen LogP contribution in [0.25, 0.3) is 0 Å². The van der Waals surface area contributed by atoms with Gasteiger partial charge in [-0.2, -0.15) is 0 Å². The molecule has 0 radical (unpaired) electrons. The summed E-state index contributed by atoms with van der Waals surface area (Å²) in [6, 6.07) is 10.9. The highest BCUT2D eigenvalue weighted by Gasteiger charge is 2.22. The van der Waals surface area contributed by atoms with Crippen molar-refractivity contribution < 1.29 is 0 Å². The van der Waals surface area contributed by atoms with Gasteiger partial charge >= 0.3 is 0 Å². The molecule has 146 valence electrons. The van der Waals surface area contributed by atoms with Crippen molar-refractivity contribution >= 4 is 5.96 Å². The van der Waals surface area contributed by atoms with Gasteiger partial charge in [0, 0.05) is 25.6 Å². The Morgan fingerprint density at radius 3 is 2.81 bits per heavy atom. The fourth-order valence-corrected chi connectivity index (χ4v) is 3.65. The predicted octanol–water partition coefficient (Wildman–Crippen LogP) is 3.15. The minimum Gasteiger partial charge on any atom is -0.355 e. The zero-order chi connectivity index (χ0) is 18.9. The minimum absolute atomic E-state index is 0.502. The van der Waals surface area contributed by atoms with E-state index in [1.807, 2.05) is 6.07 Å². The van der Waals surface area contributed by atoms with Crippen LogP contribution in [0.2, 0.25) is 0 Å². The van der Waals surface area contributed by atoms with Crippen molar-refractivity contribution in [3.63, 3.8) is 0 Å². The van der Waals surface area contributed by atoms with Gasteiger partial charge in [0.2, 0.25) is 0 Å². The number of guanidine groups is 1. The van der Waals surface area contributed by atoms with Gasteiger partial charge in [-0.3, -0.25) is 0 Å². The average molecular weight is 369 g/mol. The first-order valence-corrected chi connectivity index (χ1v) is 10.2. The van der Waals surface area contributed by atoms with Gasteiger partial charge in [-0.1, -0.05) is 57.0 Å². The highest BCUT2D eigenvalue weighted by molar-refractivity contribution is 5.80. The summed E-state index contributed by atoms with van der Waals surface area (Å²) in [6.07, 6.45) is 7.86. The summed E-state index contributed by atoms with van der Waals surface area (Å²) < 4.78 is 2.10. The molecule has 6 heteroatoms. The molecule has 1 aliphatic rings. The molecule has 1 saturated carbocycles. The Kier molecular flexibility index (Phi) is 7.25. The van der Waals surface area contributed by atoms with E-state index >= 15 is 0 Å². The lowest BCUT2D eigenvalue weighted by Gasteiger charge is -2.31. The number of aliphatic imine (C=N–C) groups is 1. The van der Waals surface area contributed by atoms with Crippen molar-refractivity contribution in [1.29, 1.82) is 0 Å². The summed E-state index contributed by atoms with van der Waals surface area (Å²) >= 11 is 0. The minimum atomic E-state index is 0.502. The van der Waals surface area contributed by atoms with Gasteiger partial charge in [0.1, 0.15) is 12.2 Å². The zero-order valence-corrected chi connectivity index (χ0v) is 16.6. The maximum Gasteiger partial charge on any atom is 0.191 e. The van der Waals surface area contributed by atoms with E-state index in [1.54, 1.807) is 6.33 Å². The second kappa shape index (κ2) is 10.1. The Morgan fingerprint density at radius 2 is 2.04 bits per heavy atom. The lowest BCUT2D eigenvalue weighted by Crippen LogP contribution is -2.47. The third kappa shape index (κ3) is 5.81. The number of rotatable bonds is 7. The van der Waals surface area contributed by atoms with Crippen LogP contribution in [-0.4, -0.2) is 33.3 Å². The Hall–Kier alpha value is -2.37. The number of aromatic nitrogens is 3. The summed E-state index contributed by atoms with van der Waals surface area (Å²) in [5.41, 5.74) is 1.22. The van der Waals surface area contributed by atoms with Crippen LogP contribution in [0.15, 0.2) is 41.7 Å². The molecule has 2 aromatic rings. The summed E-state index contributed by atoms with van der Waals surface area (Å²) in [5.74, 6) is 2.61. The molecule has 0 saturated heterocycles. The van der Waals surface area contributed by atoms with E-state index in [-0.39, 0.29) is 0 Å². The summed E-state index contributed by atoms with van der Waals surface area (Å²) in [7, 11) is 0. The van der Waals surface area contributed by atoms with Crippen molar-refractivity contribution in [3.05, 3.63) is 48.0 Å². The van der Waals surface area contributed by atoms with Gasteiger partial charge in [0.25, 0.3) is 0 Å². The fraction of sp³-hybridized carbons (Fsp3) is 0.571. The van der Waals surface area contributed by atoms with Crippen molar-refractivity contribution in [3.8, 4) is 0 Å². The Morgan fingerprint density at radius 1 is 1.22 bits per heavy atom. The van der Waals surface area contributed by atoms with Gasteiger partial charge < -0.3 is 15.2 Å². The third-order valence-corrected chi connectivity index (χ3v) is 5.35. The van der Waals surface area contributed by atoms with Crippen LogP contribution in [0.4, 0.5) is 0 Å². The second-order valence-corrected chi connectivity index (χ2v) is 7.38. The topological polar surface area (TPSA) is 67.1 Å². The molecule has 27 heavy (non-hydrogen) atoms. The Bertz CT molecular complexity index is 708. The number of hydrogen-bond donors (Lipinski definition) is 2. The van der Waals surface area contributed by atoms with Crippen LogP contribution in [0.1, 0.15) is 50.9 Å². The number of nitrogens with one attached hydrogen (secondary N) is 2. The molecule has 3 rings (SSSR count). The summed E-state index contributed by atoms with van der Waals surface area (Å²) in [4.78, 5) is 4.84. The third-order valence-electron chi connectivity index (χ3n) is 5.35. The van der Waals surface area contributed by atoms with E-state index in [9.17, 15) is 0 Å². The van der Waals surface area contributed by atoms with Crippen LogP contribution in [0.5, 0.6) is 0 Å². The molecule has 0 aliphatic heterocycles. The highest BCUT2D eigenvalue weighted by Crippen LogP contribution is 2.23. The second-order valence-electron chi connectivity index (χ2n) is 7.38. The van der Waals surface area contributed by atoms with Crippen LogP contribution >= 0.6 is 0 Å². The number of aryl methyl sites for hydroxylation is 1. The van der Waals surface area contributed by atoms with E-state index in [1.165, 1.54) is 31.2 Å². The molecule has 1 aliphatic carbocycles. The molecule has 1 heterocycles. The SMILES string of the molecule is CCc1nncn1CCNC(=NCc1ccccc1)NC1CCCCC1C. The quantitative estimate of drug-likeness (QED) is 0.582. The molecular weight excluding hydrogens is 336 g/mol. The Balaban J connectivity index is 1.61. The lowest BCUT2D eigenvalue weighted by atomic mass is 9.86.